The molecule has 4 aromatic heterocycles. The number of fused-ring (bicyclic) bond motifs is 6. The number of pyridine rings is 2. The first-order valence-electron chi connectivity index (χ1n) is 44.6. The first-order chi connectivity index (χ1) is 60.4. The lowest BCUT2D eigenvalue weighted by molar-refractivity contribution is -0.146. The van der Waals surface area contributed by atoms with Gasteiger partial charge in [0.2, 0.25) is 29.5 Å². The van der Waals surface area contributed by atoms with Gasteiger partial charge in [0.1, 0.15) is 93.5 Å². The molecule has 6 aromatic rings. The SMILES string of the molecule is COc1ccc2c(O[C@@H]3C[C@H]4C(=O)N[C@]5(C(=O)O)CC5/C=C\CCCCC[C@H](NC(=O)OC5(CS(=O)(=O)C(C)(C)C)CCCCC5)C(=O)N4C3)cc(-c3csc(NC(C)C)n3)nc2c1.COc1ccc2c(O[C@@H]3C[C@H]4C(=O)N[C@]5(C(=O)O)CC5/C=C\CCCCC[C@H](NC(=O)O[C@H](CN5CCCCC5=O)C(C)(C)C)C(=O)N4C3)cc(-c3csc(NC(C)C)n3)nc2c1. The fraction of sp³-hybridized carbons (Fsp3) is 0.598. The van der Waals surface area contributed by atoms with Crippen LogP contribution in [0, 0.1) is 17.3 Å². The van der Waals surface area contributed by atoms with E-state index in [4.69, 9.17) is 48.4 Å². The van der Waals surface area contributed by atoms with Crippen molar-refractivity contribution in [2.45, 2.75) is 286 Å². The Labute approximate surface area is 749 Å². The number of thiazole rings is 2. The zero-order valence-corrected chi connectivity index (χ0v) is 77.2. The maximum atomic E-state index is 14.9. The Morgan fingerprint density at radius 1 is 0.591 bits per heavy atom. The summed E-state index contributed by atoms with van der Waals surface area (Å²) in [5.74, 6) is -3.63. The second kappa shape index (κ2) is 39.7. The minimum absolute atomic E-state index is 0.0210. The number of benzene rings is 2. The first kappa shape index (κ1) is 94.2. The highest BCUT2D eigenvalue weighted by Gasteiger charge is 2.63. The second-order valence-corrected chi connectivity index (χ2v) is 42.1. The van der Waals surface area contributed by atoms with E-state index in [-0.39, 0.29) is 87.8 Å². The Morgan fingerprint density at radius 3 is 1.49 bits per heavy atom. The largest absolute Gasteiger partial charge is 0.497 e. The highest BCUT2D eigenvalue weighted by atomic mass is 32.2. The van der Waals surface area contributed by atoms with Gasteiger partial charge in [-0.3, -0.25) is 24.0 Å². The van der Waals surface area contributed by atoms with Crippen LogP contribution >= 0.6 is 22.7 Å². The van der Waals surface area contributed by atoms with Crippen LogP contribution in [-0.4, -0.2) is 229 Å². The number of rotatable bonds is 22. The Hall–Kier alpha value is -10.4. The van der Waals surface area contributed by atoms with Crippen LogP contribution < -0.4 is 50.8 Å². The number of nitrogens with zero attached hydrogens (tertiary/aromatic N) is 7. The molecule has 2 aromatic carbocycles. The lowest BCUT2D eigenvalue weighted by Gasteiger charge is -2.38. The molecule has 11 atom stereocenters. The monoisotopic (exact) mass is 1810 g/mol. The topological polar surface area (TPSA) is 417 Å². The molecule has 127 heavy (non-hydrogen) atoms. The van der Waals surface area contributed by atoms with Crippen molar-refractivity contribution in [3.8, 4) is 45.8 Å². The Morgan fingerprint density at radius 2 is 1.06 bits per heavy atom. The van der Waals surface area contributed by atoms with Gasteiger partial charge in [-0.25, -0.2) is 47.5 Å². The molecule has 32 nitrogen and oxygen atoms in total. The summed E-state index contributed by atoms with van der Waals surface area (Å²) in [4.78, 5) is 149. The summed E-state index contributed by atoms with van der Waals surface area (Å²) in [6.45, 7) is 19.5. The van der Waals surface area contributed by atoms with Gasteiger partial charge in [-0.15, -0.1) is 22.7 Å². The molecule has 14 rings (SSSR count). The average molecular weight is 1810 g/mol. The van der Waals surface area contributed by atoms with Gasteiger partial charge in [-0.05, 0) is 163 Å². The summed E-state index contributed by atoms with van der Waals surface area (Å²) in [5, 5.41) is 45.3. The number of nitrogens with one attached hydrogen (secondary N) is 6. The highest BCUT2D eigenvalue weighted by Crippen LogP contribution is 2.48. The van der Waals surface area contributed by atoms with Crippen LogP contribution in [0.1, 0.15) is 210 Å². The number of aliphatic carboxylic acids is 2. The number of methoxy groups -OCH3 is 2. The molecule has 0 radical (unpaired) electrons. The smallest absolute Gasteiger partial charge is 0.408 e. The number of aromatic nitrogens is 4. The number of ether oxygens (including phenoxy) is 6. The molecule has 3 saturated heterocycles. The number of likely N-dealkylation sites (tertiary alicyclic amines) is 1. The van der Waals surface area contributed by atoms with Gasteiger partial charge >= 0.3 is 24.1 Å². The van der Waals surface area contributed by atoms with E-state index in [0.29, 0.717) is 132 Å². The van der Waals surface area contributed by atoms with Gasteiger partial charge in [0.15, 0.2) is 20.1 Å². The molecule has 2 unspecified atom stereocenters. The van der Waals surface area contributed by atoms with E-state index in [1.807, 2.05) is 95.7 Å². The van der Waals surface area contributed by atoms with E-state index in [0.717, 1.165) is 55.2 Å². The fourth-order valence-corrected chi connectivity index (χ4v) is 20.8. The molecule has 688 valence electrons. The lowest BCUT2D eigenvalue weighted by atomic mass is 9.86. The molecule has 5 aliphatic heterocycles. The molecule has 6 fully saturated rings. The summed E-state index contributed by atoms with van der Waals surface area (Å²) in [6.07, 6.45) is 15.6. The summed E-state index contributed by atoms with van der Waals surface area (Å²) in [6, 6.07) is 10.3. The number of amides is 7. The molecule has 9 heterocycles. The number of carbonyl (C=O) groups is 9. The van der Waals surface area contributed by atoms with Crippen molar-refractivity contribution in [2.24, 2.45) is 17.3 Å². The number of alkyl carbamates (subject to hydrolysis) is 2. The maximum absolute atomic E-state index is 14.9. The molecule has 3 aliphatic carbocycles. The lowest BCUT2D eigenvalue weighted by Crippen LogP contribution is -2.57. The van der Waals surface area contributed by atoms with Crippen LogP contribution in [0.2, 0.25) is 0 Å². The number of carboxylic acid groups (broad SMARTS) is 2. The van der Waals surface area contributed by atoms with Crippen molar-refractivity contribution in [3.63, 3.8) is 0 Å². The molecule has 8 N–H and O–H groups in total. The van der Waals surface area contributed by atoms with Gasteiger partial charge in [-0.2, -0.15) is 0 Å². The molecule has 35 heteroatoms. The van der Waals surface area contributed by atoms with Crippen LogP contribution in [0.15, 0.2) is 83.6 Å². The van der Waals surface area contributed by atoms with Crippen molar-refractivity contribution in [1.29, 1.82) is 0 Å². The number of carbonyl (C=O) groups excluding carboxylic acids is 7. The summed E-state index contributed by atoms with van der Waals surface area (Å²) in [5.41, 5.74) is -1.28. The van der Waals surface area contributed by atoms with Gasteiger partial charge in [0.05, 0.1) is 66.8 Å². The van der Waals surface area contributed by atoms with Gasteiger partial charge < -0.3 is 85.2 Å². The normalized spacial score (nSPS) is 25.7. The number of hydrogen-bond donors (Lipinski definition) is 8. The van der Waals surface area contributed by atoms with Crippen LogP contribution in [0.5, 0.6) is 23.0 Å². The number of anilines is 2. The third-order valence-electron chi connectivity index (χ3n) is 25.2. The van der Waals surface area contributed by atoms with Crippen molar-refractivity contribution < 1.29 is 90.2 Å². The van der Waals surface area contributed by atoms with Crippen LogP contribution in [0.25, 0.3) is 44.6 Å². The molecular formula is C92H123N13O19S3. The van der Waals surface area contributed by atoms with Crippen LogP contribution in [0.4, 0.5) is 19.9 Å². The van der Waals surface area contributed by atoms with Gasteiger partial charge in [0, 0.05) is 101 Å². The highest BCUT2D eigenvalue weighted by molar-refractivity contribution is 7.92. The standard InChI is InChI=1S/C46H61N7O9S.C46H62N6O10S2/c1-27(2)47-43-49-35(26-63-43)34-22-37(31-18-17-29(60-6)20-33(31)48-34)61-30-21-36-40(55)51-46(42(57)58)23-28(46)14-10-8-7-9-11-15-32(41(56)53(36)24-30)50-44(59)62-38(45(3,4)5)25-52-19-13-12-16-39(52)54;1-28(2)47-42-49-36(26-63-42)35-23-38(32-18-17-30(60-6)21-34(32)48-35)61-31-22-37-39(53)51-46(41(55)56)24-29(46)15-11-8-7-9-12-16-33(40(54)52(37)25-31)50-43(57)62-45(19-13-10-14-20-45)27-64(58,59)44(3,4)5/h10,14,17-18,20,22,26-28,30,32,36,38H,7-9,11-13,15-16,19,21,23-25H2,1-6H3,(H,47,49)(H,50,59)(H,51,55)(H,57,58);11,15,17-18,21,23,26,28-29,31,33,37H,7-10,12-14,16,19-20,22,24-25,27H2,1-6H3,(H,47,49)(H,50,57)(H,51,53)(H,55,56)/b14-10-;15-11-/t28?,30-,32+,36+,38-,46-;29?,31-,33+,37+,46-/m11/s1. The third kappa shape index (κ3) is 22.6. The number of hydrogen-bond acceptors (Lipinski definition) is 25. The van der Waals surface area contributed by atoms with E-state index >= 15 is 0 Å². The van der Waals surface area contributed by atoms with Crippen molar-refractivity contribution in [1.82, 2.24) is 55.9 Å². The van der Waals surface area contributed by atoms with E-state index in [1.54, 1.807) is 76.3 Å². The first-order valence-corrected chi connectivity index (χ1v) is 48.0. The summed E-state index contributed by atoms with van der Waals surface area (Å²) >= 11 is 2.90. The predicted molar refractivity (Wildman–Crippen MR) is 483 cm³/mol. The van der Waals surface area contributed by atoms with Crippen molar-refractivity contribution in [3.05, 3.63) is 83.6 Å². The van der Waals surface area contributed by atoms with Gasteiger partial charge in [-0.1, -0.05) is 77.2 Å². The van der Waals surface area contributed by atoms with Gasteiger partial charge in [0.25, 0.3) is 0 Å². The van der Waals surface area contributed by atoms with E-state index in [1.165, 1.54) is 32.5 Å². The molecule has 0 spiro atoms. The molecule has 8 aliphatic rings. The van der Waals surface area contributed by atoms with E-state index < -0.39 is 133 Å². The summed E-state index contributed by atoms with van der Waals surface area (Å²) in [7, 11) is -0.545. The number of piperidine rings is 1. The minimum atomic E-state index is -3.69. The van der Waals surface area contributed by atoms with Crippen LogP contribution in [0.3, 0.4) is 0 Å². The quantitative estimate of drug-likeness (QED) is 0.0293. The Balaban J connectivity index is 0.000000217. The maximum Gasteiger partial charge on any atom is 0.408 e. The Bertz CT molecular complexity index is 5230. The minimum Gasteiger partial charge on any atom is -0.497 e. The fourth-order valence-electron chi connectivity index (χ4n) is 17.6. The molecular weight excluding hydrogens is 1690 g/mol. The predicted octanol–water partition coefficient (Wildman–Crippen LogP) is 13.6. The number of carboxylic acids is 2. The van der Waals surface area contributed by atoms with E-state index in [9.17, 15) is 61.8 Å². The Kier molecular flexibility index (Phi) is 29.4. The summed E-state index contributed by atoms with van der Waals surface area (Å²) < 4.78 is 62.6. The second-order valence-electron chi connectivity index (χ2n) is 37.7. The third-order valence-corrected chi connectivity index (χ3v) is 29.5. The average Bonchev–Trinajstić information content (AvgIpc) is 1.59. The molecule has 7 amide bonds. The molecule has 3 saturated carbocycles. The van der Waals surface area contributed by atoms with Crippen LogP contribution in [-0.2, 0) is 52.9 Å². The molecule has 0 bridgehead atoms. The zero-order valence-electron chi connectivity index (χ0n) is 74.7. The number of allylic oxidation sites excluding steroid dienone is 2. The zero-order chi connectivity index (χ0) is 91.1. The van der Waals surface area contributed by atoms with E-state index in [2.05, 4.69) is 31.9 Å². The number of sulfone groups is 1. The van der Waals surface area contributed by atoms with Crippen molar-refractivity contribution in [2.75, 3.05) is 56.8 Å². The van der Waals surface area contributed by atoms with Crippen molar-refractivity contribution >= 4 is 118 Å².